The average molecular weight is 689 g/mol. The number of carboxylic acid groups (broad SMARTS) is 1. The lowest BCUT2D eigenvalue weighted by Crippen LogP contribution is -2.38. The van der Waals surface area contributed by atoms with Crippen molar-refractivity contribution in [1.82, 2.24) is 10.6 Å². The summed E-state index contributed by atoms with van der Waals surface area (Å²) in [5.41, 5.74) is 3.48. The number of urea groups is 1. The molecular weight excluding hydrogens is 641 g/mol. The van der Waals surface area contributed by atoms with Crippen LogP contribution in [0, 0.1) is 31.6 Å². The van der Waals surface area contributed by atoms with Crippen LogP contribution in [0.25, 0.3) is 0 Å². The van der Waals surface area contributed by atoms with Crippen LogP contribution >= 0.6 is 0 Å². The lowest BCUT2D eigenvalue weighted by molar-refractivity contribution is -0.136. The maximum absolute atomic E-state index is 13.7. The zero-order valence-electron chi connectivity index (χ0n) is 28.3. The van der Waals surface area contributed by atoms with E-state index in [1.165, 1.54) is 38.2 Å². The van der Waals surface area contributed by atoms with Gasteiger partial charge in [0.25, 0.3) is 15.9 Å². The van der Waals surface area contributed by atoms with Gasteiger partial charge in [0, 0.05) is 17.8 Å². The Morgan fingerprint density at radius 2 is 1.49 bits per heavy atom. The molecule has 2 fully saturated rings. The molecule has 2 aliphatic rings. The summed E-state index contributed by atoms with van der Waals surface area (Å²) in [5, 5.41) is 17.5. The maximum Gasteiger partial charge on any atom is 0.319 e. The molecule has 5 rings (SSSR count). The Labute approximate surface area is 289 Å². The van der Waals surface area contributed by atoms with Gasteiger partial charge in [0.1, 0.15) is 4.90 Å². The summed E-state index contributed by atoms with van der Waals surface area (Å²) in [6, 6.07) is 18.1. The number of sulfonamides is 1. The van der Waals surface area contributed by atoms with Crippen LogP contribution in [0.2, 0.25) is 0 Å². The van der Waals surface area contributed by atoms with Crippen LogP contribution in [-0.4, -0.2) is 38.0 Å². The predicted octanol–water partition coefficient (Wildman–Crippen LogP) is 7.56. The maximum atomic E-state index is 13.7. The number of rotatable bonds is 12. The minimum atomic E-state index is -4.03. The van der Waals surface area contributed by atoms with E-state index in [-0.39, 0.29) is 41.4 Å². The van der Waals surface area contributed by atoms with Crippen LogP contribution in [0.1, 0.15) is 97.3 Å². The Bertz CT molecular complexity index is 1730. The molecule has 3 aromatic carbocycles. The third-order valence-corrected chi connectivity index (χ3v) is 11.4. The summed E-state index contributed by atoms with van der Waals surface area (Å²) < 4.78 is 29.8. The molecule has 5 N–H and O–H groups in total. The first kappa shape index (κ1) is 35.9. The van der Waals surface area contributed by atoms with E-state index in [0.29, 0.717) is 17.2 Å². The topological polar surface area (TPSA) is 154 Å². The molecule has 0 radical (unpaired) electrons. The van der Waals surface area contributed by atoms with E-state index in [1.807, 2.05) is 25.1 Å². The first-order chi connectivity index (χ1) is 23.5. The Kier molecular flexibility index (Phi) is 12.0. The predicted molar refractivity (Wildman–Crippen MR) is 191 cm³/mol. The van der Waals surface area contributed by atoms with Gasteiger partial charge in [-0.2, -0.15) is 0 Å². The van der Waals surface area contributed by atoms with Crippen LogP contribution in [0.3, 0.4) is 0 Å². The number of hydrogen-bond acceptors (Lipinski definition) is 5. The summed E-state index contributed by atoms with van der Waals surface area (Å²) in [6.07, 6.45) is 10.5. The molecule has 262 valence electrons. The van der Waals surface area contributed by atoms with Crippen molar-refractivity contribution in [3.05, 3.63) is 89.0 Å². The largest absolute Gasteiger partial charge is 0.481 e. The number of benzene rings is 3. The molecule has 3 aromatic rings. The molecule has 1 unspecified atom stereocenters. The summed E-state index contributed by atoms with van der Waals surface area (Å²) in [7, 11) is -4.03. The standard InChI is InChI=1S/C38H48N4O6S/c1-25-7-6-10-32(23-25)42-49(47,48)34-24-26(2)11-20-33(34)40-38(46)41-36(29-14-12-28(13-15-29)27-8-4-3-5-9-27)30-16-18-31(19-17-30)37(45)39-22-21-35(43)44/h6-7,10-11,16-20,23-24,27-29,36,42H,3-5,8-9,12-15,21-22H2,1-2H3,(H,39,45)(H,43,44)(H2,40,41,46). The molecule has 0 aliphatic heterocycles. The Hall–Kier alpha value is -4.38. The molecular formula is C38H48N4O6S. The highest BCUT2D eigenvalue weighted by molar-refractivity contribution is 7.92. The third kappa shape index (κ3) is 9.84. The molecule has 0 spiro atoms. The van der Waals surface area contributed by atoms with Crippen molar-refractivity contribution in [3.8, 4) is 0 Å². The second kappa shape index (κ2) is 16.3. The number of aryl methyl sites for hydroxylation is 2. The number of carbonyl (C=O) groups excluding carboxylic acids is 2. The van der Waals surface area contributed by atoms with Gasteiger partial charge in [-0.05, 0) is 110 Å². The third-order valence-electron chi connectivity index (χ3n) is 9.99. The highest BCUT2D eigenvalue weighted by Crippen LogP contribution is 2.43. The number of anilines is 2. The summed E-state index contributed by atoms with van der Waals surface area (Å²) in [6.45, 7) is 3.71. The number of aliphatic carboxylic acids is 1. The molecule has 2 aliphatic carbocycles. The van der Waals surface area contributed by atoms with Crippen LogP contribution in [-0.2, 0) is 14.8 Å². The lowest BCUT2D eigenvalue weighted by atomic mass is 9.69. The molecule has 0 saturated heterocycles. The highest BCUT2D eigenvalue weighted by atomic mass is 32.2. The van der Waals surface area contributed by atoms with Crippen LogP contribution in [0.5, 0.6) is 0 Å². The molecule has 0 aromatic heterocycles. The van der Waals surface area contributed by atoms with E-state index in [2.05, 4.69) is 20.7 Å². The highest BCUT2D eigenvalue weighted by Gasteiger charge is 2.33. The fraction of sp³-hybridized carbons (Fsp3) is 0.447. The smallest absolute Gasteiger partial charge is 0.319 e. The van der Waals surface area contributed by atoms with Gasteiger partial charge < -0.3 is 21.1 Å². The van der Waals surface area contributed by atoms with Crippen molar-refractivity contribution in [2.24, 2.45) is 17.8 Å². The van der Waals surface area contributed by atoms with Crippen LogP contribution < -0.4 is 20.7 Å². The van der Waals surface area contributed by atoms with Crippen LogP contribution in [0.15, 0.2) is 71.6 Å². The second-order valence-corrected chi connectivity index (χ2v) is 15.3. The number of carboxylic acids is 1. The van der Waals surface area contributed by atoms with Crippen molar-refractivity contribution in [3.63, 3.8) is 0 Å². The fourth-order valence-electron chi connectivity index (χ4n) is 7.43. The summed E-state index contributed by atoms with van der Waals surface area (Å²) in [4.78, 5) is 37.1. The first-order valence-corrected chi connectivity index (χ1v) is 18.8. The van der Waals surface area contributed by atoms with Gasteiger partial charge in [0.15, 0.2) is 0 Å². The van der Waals surface area contributed by atoms with Gasteiger partial charge in [0.2, 0.25) is 0 Å². The number of hydrogen-bond donors (Lipinski definition) is 5. The summed E-state index contributed by atoms with van der Waals surface area (Å²) in [5.74, 6) is 0.280. The summed E-state index contributed by atoms with van der Waals surface area (Å²) >= 11 is 0. The minimum Gasteiger partial charge on any atom is -0.481 e. The van der Waals surface area contributed by atoms with E-state index >= 15 is 0 Å². The van der Waals surface area contributed by atoms with Crippen molar-refractivity contribution in [1.29, 1.82) is 0 Å². The quantitative estimate of drug-likeness (QED) is 0.132. The average Bonchev–Trinajstić information content (AvgIpc) is 3.08. The lowest BCUT2D eigenvalue weighted by Gasteiger charge is -2.38. The van der Waals surface area contributed by atoms with Crippen molar-refractivity contribution < 1.29 is 27.9 Å². The van der Waals surface area contributed by atoms with Crippen molar-refractivity contribution in [2.75, 3.05) is 16.6 Å². The fourth-order valence-corrected chi connectivity index (χ4v) is 8.73. The SMILES string of the molecule is Cc1cccc(NS(=O)(=O)c2cc(C)ccc2NC(=O)NC(c2ccc(C(=O)NCCC(=O)O)cc2)C2CCC(C3CCCCC3)CC2)c1. The molecule has 2 saturated carbocycles. The monoisotopic (exact) mass is 688 g/mol. The minimum absolute atomic E-state index is 0.0295. The zero-order valence-corrected chi connectivity index (χ0v) is 29.2. The Morgan fingerprint density at radius 3 is 2.16 bits per heavy atom. The second-order valence-electron chi connectivity index (χ2n) is 13.6. The molecule has 49 heavy (non-hydrogen) atoms. The van der Waals surface area contributed by atoms with Gasteiger partial charge in [-0.1, -0.05) is 62.4 Å². The number of carbonyl (C=O) groups is 3. The van der Waals surface area contributed by atoms with Gasteiger partial charge in [-0.25, -0.2) is 13.2 Å². The van der Waals surface area contributed by atoms with Crippen molar-refractivity contribution >= 4 is 39.3 Å². The molecule has 10 nitrogen and oxygen atoms in total. The number of amides is 3. The molecule has 0 bridgehead atoms. The molecule has 0 heterocycles. The van der Waals surface area contributed by atoms with Crippen LogP contribution in [0.4, 0.5) is 16.2 Å². The van der Waals surface area contributed by atoms with E-state index in [4.69, 9.17) is 5.11 Å². The molecule has 11 heteroatoms. The number of nitrogens with one attached hydrogen (secondary N) is 4. The molecule has 1 atom stereocenters. The first-order valence-electron chi connectivity index (χ1n) is 17.4. The van der Waals surface area contributed by atoms with E-state index in [9.17, 15) is 22.8 Å². The normalized spacial score (nSPS) is 19.0. The van der Waals surface area contributed by atoms with E-state index in [0.717, 1.165) is 48.3 Å². The van der Waals surface area contributed by atoms with Gasteiger partial charge in [0.05, 0.1) is 18.2 Å². The zero-order chi connectivity index (χ0) is 35.0. The van der Waals surface area contributed by atoms with Gasteiger partial charge >= 0.3 is 12.0 Å². The Balaban J connectivity index is 1.34. The van der Waals surface area contributed by atoms with E-state index < -0.39 is 22.0 Å². The van der Waals surface area contributed by atoms with Crippen molar-refractivity contribution in [2.45, 2.75) is 89.0 Å². The van der Waals surface area contributed by atoms with Gasteiger partial charge in [-0.15, -0.1) is 0 Å². The Morgan fingerprint density at radius 1 is 0.816 bits per heavy atom. The van der Waals surface area contributed by atoms with Gasteiger partial charge in [-0.3, -0.25) is 14.3 Å². The van der Waals surface area contributed by atoms with E-state index in [1.54, 1.807) is 49.4 Å². The molecule has 3 amide bonds.